The lowest BCUT2D eigenvalue weighted by molar-refractivity contribution is 0.0733. The highest BCUT2D eigenvalue weighted by atomic mass is 19.2. The Balaban J connectivity index is 1.59. The summed E-state index contributed by atoms with van der Waals surface area (Å²) in [7, 11) is 0. The van der Waals surface area contributed by atoms with Crippen LogP contribution < -0.4 is 4.74 Å². The van der Waals surface area contributed by atoms with Crippen molar-refractivity contribution < 1.29 is 22.7 Å². The van der Waals surface area contributed by atoms with Crippen LogP contribution in [-0.2, 0) is 0 Å². The highest BCUT2D eigenvalue weighted by molar-refractivity contribution is 5.91. The molecule has 0 radical (unpaired) electrons. The van der Waals surface area contributed by atoms with E-state index in [1.165, 1.54) is 37.7 Å². The van der Waals surface area contributed by atoms with Crippen molar-refractivity contribution >= 4 is 5.97 Å². The number of rotatable bonds is 6. The molecule has 3 rings (SSSR count). The molecule has 0 saturated heterocycles. The normalized spacial score (nSPS) is 19.4. The molecule has 1 fully saturated rings. The molecular formula is C23H25F3O2. The van der Waals surface area contributed by atoms with Gasteiger partial charge >= 0.3 is 5.97 Å². The summed E-state index contributed by atoms with van der Waals surface area (Å²) < 4.78 is 44.4. The molecule has 1 aliphatic rings. The van der Waals surface area contributed by atoms with Gasteiger partial charge < -0.3 is 4.74 Å². The summed E-state index contributed by atoms with van der Waals surface area (Å²) in [6, 6.07) is 8.47. The zero-order chi connectivity index (χ0) is 20.1. The second kappa shape index (κ2) is 9.26. The van der Waals surface area contributed by atoms with Gasteiger partial charge in [-0.25, -0.2) is 18.0 Å². The highest BCUT2D eigenvalue weighted by Gasteiger charge is 2.22. The van der Waals surface area contributed by atoms with E-state index in [0.717, 1.165) is 18.8 Å². The molecule has 0 amide bonds. The van der Waals surface area contributed by atoms with Crippen molar-refractivity contribution in [1.82, 2.24) is 0 Å². The smallest absolute Gasteiger partial charge is 0.343 e. The van der Waals surface area contributed by atoms with Gasteiger partial charge in [0.25, 0.3) is 0 Å². The van der Waals surface area contributed by atoms with Crippen LogP contribution in [0.3, 0.4) is 0 Å². The zero-order valence-electron chi connectivity index (χ0n) is 16.0. The van der Waals surface area contributed by atoms with Gasteiger partial charge in [-0.15, -0.1) is 0 Å². The number of hydrogen-bond acceptors (Lipinski definition) is 2. The van der Waals surface area contributed by atoms with Crippen molar-refractivity contribution in [1.29, 1.82) is 0 Å². The highest BCUT2D eigenvalue weighted by Crippen LogP contribution is 2.37. The summed E-state index contributed by atoms with van der Waals surface area (Å²) in [4.78, 5) is 12.2. The summed E-state index contributed by atoms with van der Waals surface area (Å²) in [5, 5.41) is 0. The zero-order valence-corrected chi connectivity index (χ0v) is 16.0. The minimum Gasteiger partial charge on any atom is -0.423 e. The average Bonchev–Trinajstić information content (AvgIpc) is 2.71. The van der Waals surface area contributed by atoms with Crippen molar-refractivity contribution in [2.24, 2.45) is 5.92 Å². The first-order valence-electron chi connectivity index (χ1n) is 9.94. The molecule has 0 heterocycles. The summed E-state index contributed by atoms with van der Waals surface area (Å²) in [5.41, 5.74) is 1.48. The largest absolute Gasteiger partial charge is 0.423 e. The predicted molar refractivity (Wildman–Crippen MR) is 102 cm³/mol. The Kier molecular flexibility index (Phi) is 6.76. The van der Waals surface area contributed by atoms with Crippen molar-refractivity contribution in [3.8, 4) is 5.75 Å². The first kappa shape index (κ1) is 20.4. The van der Waals surface area contributed by atoms with E-state index in [2.05, 4.69) is 6.92 Å². The lowest BCUT2D eigenvalue weighted by Gasteiger charge is -2.28. The van der Waals surface area contributed by atoms with Crippen molar-refractivity contribution in [2.45, 2.75) is 57.8 Å². The number of benzene rings is 2. The van der Waals surface area contributed by atoms with Crippen LogP contribution in [0.25, 0.3) is 0 Å². The maximum absolute atomic E-state index is 13.2. The fourth-order valence-electron chi connectivity index (χ4n) is 3.93. The number of halogens is 3. The third-order valence-electron chi connectivity index (χ3n) is 5.60. The van der Waals surface area contributed by atoms with Crippen LogP contribution in [0, 0.1) is 23.4 Å². The number of hydrogen-bond donors (Lipinski definition) is 0. The first-order valence-corrected chi connectivity index (χ1v) is 9.94. The molecule has 5 heteroatoms. The Hall–Kier alpha value is -2.30. The molecule has 0 bridgehead atoms. The summed E-state index contributed by atoms with van der Waals surface area (Å²) >= 11 is 0. The maximum atomic E-state index is 13.2. The second-order valence-corrected chi connectivity index (χ2v) is 7.57. The van der Waals surface area contributed by atoms with Gasteiger partial charge in [0.1, 0.15) is 5.75 Å². The van der Waals surface area contributed by atoms with Crippen LogP contribution in [-0.4, -0.2) is 5.97 Å². The average molecular weight is 390 g/mol. The Morgan fingerprint density at radius 3 is 2.18 bits per heavy atom. The molecular weight excluding hydrogens is 365 g/mol. The van der Waals surface area contributed by atoms with Gasteiger partial charge in [0, 0.05) is 12.1 Å². The molecule has 0 N–H and O–H groups in total. The Labute approximate surface area is 163 Å². The number of esters is 1. The van der Waals surface area contributed by atoms with Gasteiger partial charge in [0.2, 0.25) is 0 Å². The van der Waals surface area contributed by atoms with Gasteiger partial charge in [-0.2, -0.15) is 0 Å². The van der Waals surface area contributed by atoms with E-state index in [1.807, 2.05) is 12.1 Å². The lowest BCUT2D eigenvalue weighted by atomic mass is 9.77. The van der Waals surface area contributed by atoms with Crippen molar-refractivity contribution in [3.05, 3.63) is 65.0 Å². The van der Waals surface area contributed by atoms with Crippen LogP contribution in [0.4, 0.5) is 13.2 Å². The van der Waals surface area contributed by atoms with E-state index in [9.17, 15) is 18.0 Å². The molecule has 2 aromatic rings. The number of ether oxygens (including phenoxy) is 1. The molecule has 0 aliphatic heterocycles. The van der Waals surface area contributed by atoms with Gasteiger partial charge in [-0.3, -0.25) is 0 Å². The maximum Gasteiger partial charge on any atom is 0.343 e. The SMILES string of the molecule is CCCC[C@H]1CC[C@H](c2ccc(C(=O)Oc3cc(F)c(F)c(F)c3)cc2)CC1. The molecule has 0 aromatic heterocycles. The van der Waals surface area contributed by atoms with Crippen LogP contribution in [0.1, 0.15) is 73.7 Å². The number of carbonyl (C=O) groups is 1. The topological polar surface area (TPSA) is 26.3 Å². The molecule has 2 aromatic carbocycles. The standard InChI is InChI=1S/C23H25F3O2/c1-2-3-4-15-5-7-16(8-6-15)17-9-11-18(12-10-17)23(27)28-19-13-20(24)22(26)21(25)14-19/h9-16H,2-8H2,1H3/t15-,16-. The van der Waals surface area contributed by atoms with Gasteiger partial charge in [-0.05, 0) is 55.2 Å². The van der Waals surface area contributed by atoms with Gasteiger partial charge in [-0.1, -0.05) is 38.3 Å². The third-order valence-corrected chi connectivity index (χ3v) is 5.60. The molecule has 1 aliphatic carbocycles. The van der Waals surface area contributed by atoms with Crippen LogP contribution in [0.2, 0.25) is 0 Å². The monoisotopic (exact) mass is 390 g/mol. The van der Waals surface area contributed by atoms with E-state index >= 15 is 0 Å². The molecule has 2 nitrogen and oxygen atoms in total. The Morgan fingerprint density at radius 1 is 1.00 bits per heavy atom. The molecule has 0 atom stereocenters. The quantitative estimate of drug-likeness (QED) is 0.308. The first-order chi connectivity index (χ1) is 13.5. The molecule has 0 unspecified atom stereocenters. The second-order valence-electron chi connectivity index (χ2n) is 7.57. The van der Waals surface area contributed by atoms with E-state index < -0.39 is 23.4 Å². The summed E-state index contributed by atoms with van der Waals surface area (Å²) in [6.45, 7) is 2.22. The molecule has 1 saturated carbocycles. The van der Waals surface area contributed by atoms with E-state index in [0.29, 0.717) is 18.1 Å². The van der Waals surface area contributed by atoms with E-state index in [1.54, 1.807) is 12.1 Å². The summed E-state index contributed by atoms with van der Waals surface area (Å²) in [5.74, 6) is -4.14. The summed E-state index contributed by atoms with van der Waals surface area (Å²) in [6.07, 6.45) is 8.67. The van der Waals surface area contributed by atoms with E-state index in [-0.39, 0.29) is 11.3 Å². The van der Waals surface area contributed by atoms with Crippen LogP contribution in [0.5, 0.6) is 5.75 Å². The van der Waals surface area contributed by atoms with Crippen LogP contribution >= 0.6 is 0 Å². The van der Waals surface area contributed by atoms with Crippen molar-refractivity contribution in [3.63, 3.8) is 0 Å². The minimum absolute atomic E-state index is 0.283. The lowest BCUT2D eigenvalue weighted by Crippen LogP contribution is -2.14. The molecule has 28 heavy (non-hydrogen) atoms. The van der Waals surface area contributed by atoms with Gasteiger partial charge in [0.05, 0.1) is 5.56 Å². The van der Waals surface area contributed by atoms with Crippen molar-refractivity contribution in [2.75, 3.05) is 0 Å². The number of carbonyl (C=O) groups excluding carboxylic acids is 1. The Bertz CT molecular complexity index is 786. The van der Waals surface area contributed by atoms with Gasteiger partial charge in [0.15, 0.2) is 17.5 Å². The third kappa shape index (κ3) is 4.94. The van der Waals surface area contributed by atoms with E-state index in [4.69, 9.17) is 4.74 Å². The predicted octanol–water partition coefficient (Wildman–Crippen LogP) is 6.79. The fraction of sp³-hybridized carbons (Fsp3) is 0.435. The Morgan fingerprint density at radius 2 is 1.61 bits per heavy atom. The number of unbranched alkanes of at least 4 members (excludes halogenated alkanes) is 1. The molecule has 0 spiro atoms. The fourth-order valence-corrected chi connectivity index (χ4v) is 3.93. The van der Waals surface area contributed by atoms with Crippen LogP contribution in [0.15, 0.2) is 36.4 Å². The minimum atomic E-state index is -1.59. The molecule has 150 valence electrons.